The Morgan fingerprint density at radius 3 is 2.95 bits per heavy atom. The highest BCUT2D eigenvalue weighted by molar-refractivity contribution is 7.18. The van der Waals surface area contributed by atoms with Crippen LogP contribution < -0.4 is 5.32 Å². The predicted molar refractivity (Wildman–Crippen MR) is 79.8 cm³/mol. The van der Waals surface area contributed by atoms with E-state index < -0.39 is 0 Å². The number of aryl methyl sites for hydroxylation is 1. The second kappa shape index (κ2) is 6.79. The van der Waals surface area contributed by atoms with Crippen molar-refractivity contribution in [1.29, 1.82) is 0 Å². The lowest BCUT2D eigenvalue weighted by atomic mass is 10.3. The lowest BCUT2D eigenvalue weighted by Gasteiger charge is -2.19. The summed E-state index contributed by atoms with van der Waals surface area (Å²) < 4.78 is 0. The fourth-order valence-electron chi connectivity index (χ4n) is 2.02. The Balaban J connectivity index is 1.97. The van der Waals surface area contributed by atoms with Crippen LogP contribution in [0.3, 0.4) is 0 Å². The minimum atomic E-state index is 0.204. The normalized spacial score (nSPS) is 11.4. The number of likely N-dealkylation sites (N-methyl/N-ethyl adjacent to an activating group) is 1. The third-order valence-electron chi connectivity index (χ3n) is 3.04. The van der Waals surface area contributed by atoms with Gasteiger partial charge >= 0.3 is 0 Å². The van der Waals surface area contributed by atoms with Crippen LogP contribution in [-0.4, -0.2) is 52.8 Å². The third-order valence-corrected chi connectivity index (χ3v) is 4.00. The molecule has 0 aliphatic heterocycles. The Hall–Kier alpha value is -1.24. The number of aliphatic hydroxyl groups is 1. The molecule has 6 heteroatoms. The van der Waals surface area contributed by atoms with Crippen LogP contribution in [0.2, 0.25) is 0 Å². The van der Waals surface area contributed by atoms with E-state index in [-0.39, 0.29) is 6.61 Å². The highest BCUT2D eigenvalue weighted by atomic mass is 32.1. The van der Waals surface area contributed by atoms with Crippen LogP contribution in [0.5, 0.6) is 0 Å². The first-order chi connectivity index (χ1) is 9.24. The summed E-state index contributed by atoms with van der Waals surface area (Å²) in [5, 5.41) is 13.4. The number of aliphatic hydroxyl groups excluding tert-OH is 1. The molecule has 2 aromatic heterocycles. The molecule has 19 heavy (non-hydrogen) atoms. The van der Waals surface area contributed by atoms with Crippen molar-refractivity contribution in [3.8, 4) is 0 Å². The van der Waals surface area contributed by atoms with Gasteiger partial charge in [0, 0.05) is 24.5 Å². The Morgan fingerprint density at radius 1 is 1.37 bits per heavy atom. The molecule has 2 aromatic rings. The highest BCUT2D eigenvalue weighted by Gasteiger charge is 2.07. The van der Waals surface area contributed by atoms with E-state index in [9.17, 15) is 0 Å². The maximum atomic E-state index is 8.95. The lowest BCUT2D eigenvalue weighted by molar-refractivity contribution is 0.206. The molecule has 2 rings (SSSR count). The molecule has 5 nitrogen and oxygen atoms in total. The first kappa shape index (κ1) is 14.2. The average Bonchev–Trinajstić information content (AvgIpc) is 2.78. The van der Waals surface area contributed by atoms with Crippen molar-refractivity contribution < 1.29 is 5.11 Å². The van der Waals surface area contributed by atoms with Crippen LogP contribution >= 0.6 is 11.3 Å². The second-order valence-corrected chi connectivity index (χ2v) is 5.62. The fourth-order valence-corrected chi connectivity index (χ4v) is 2.87. The van der Waals surface area contributed by atoms with Gasteiger partial charge in [0.1, 0.15) is 17.0 Å². The van der Waals surface area contributed by atoms with Gasteiger partial charge in [-0.2, -0.15) is 0 Å². The molecule has 0 atom stereocenters. The molecule has 2 heterocycles. The zero-order chi connectivity index (χ0) is 13.7. The minimum Gasteiger partial charge on any atom is -0.395 e. The first-order valence-corrected chi connectivity index (χ1v) is 7.34. The molecule has 2 N–H and O–H groups in total. The molecule has 0 unspecified atom stereocenters. The zero-order valence-corrected chi connectivity index (χ0v) is 12.2. The Kier molecular flexibility index (Phi) is 5.07. The van der Waals surface area contributed by atoms with Gasteiger partial charge < -0.3 is 10.4 Å². The minimum absolute atomic E-state index is 0.204. The van der Waals surface area contributed by atoms with Crippen LogP contribution in [-0.2, 0) is 0 Å². The molecule has 0 radical (unpaired) electrons. The van der Waals surface area contributed by atoms with Crippen molar-refractivity contribution >= 4 is 27.4 Å². The van der Waals surface area contributed by atoms with Gasteiger partial charge in [-0.05, 0) is 19.5 Å². The fraction of sp³-hybridized carbons (Fsp3) is 0.538. The van der Waals surface area contributed by atoms with Gasteiger partial charge in [-0.15, -0.1) is 11.3 Å². The van der Waals surface area contributed by atoms with Gasteiger partial charge in [0.25, 0.3) is 0 Å². The van der Waals surface area contributed by atoms with Crippen LogP contribution in [0.25, 0.3) is 10.2 Å². The SMILES string of the molecule is CCN(CCO)CCNc1ncnc2sc(C)cc12. The summed E-state index contributed by atoms with van der Waals surface area (Å²) in [6, 6.07) is 2.12. The van der Waals surface area contributed by atoms with E-state index in [1.807, 2.05) is 0 Å². The topological polar surface area (TPSA) is 61.3 Å². The van der Waals surface area contributed by atoms with Gasteiger partial charge in [-0.1, -0.05) is 6.92 Å². The summed E-state index contributed by atoms with van der Waals surface area (Å²) in [5.41, 5.74) is 0. The molecule has 0 spiro atoms. The molecule has 0 fully saturated rings. The van der Waals surface area contributed by atoms with E-state index in [1.54, 1.807) is 17.7 Å². The zero-order valence-electron chi connectivity index (χ0n) is 11.4. The molecule has 0 aromatic carbocycles. The van der Waals surface area contributed by atoms with Crippen molar-refractivity contribution in [2.24, 2.45) is 0 Å². The van der Waals surface area contributed by atoms with E-state index in [0.717, 1.165) is 42.2 Å². The van der Waals surface area contributed by atoms with E-state index in [1.165, 1.54) is 4.88 Å². The number of rotatable bonds is 7. The van der Waals surface area contributed by atoms with E-state index in [4.69, 9.17) is 5.11 Å². The Bertz CT molecular complexity index is 528. The highest BCUT2D eigenvalue weighted by Crippen LogP contribution is 2.27. The number of fused-ring (bicyclic) bond motifs is 1. The van der Waals surface area contributed by atoms with Crippen molar-refractivity contribution in [2.45, 2.75) is 13.8 Å². The maximum Gasteiger partial charge on any atom is 0.138 e. The quantitative estimate of drug-likeness (QED) is 0.809. The van der Waals surface area contributed by atoms with E-state index in [0.29, 0.717) is 0 Å². The number of nitrogens with one attached hydrogen (secondary N) is 1. The van der Waals surface area contributed by atoms with Gasteiger partial charge in [-0.3, -0.25) is 4.90 Å². The molecule has 0 amide bonds. The van der Waals surface area contributed by atoms with Crippen LogP contribution in [0.4, 0.5) is 5.82 Å². The smallest absolute Gasteiger partial charge is 0.138 e. The molecule has 0 bridgehead atoms. The average molecular weight is 280 g/mol. The summed E-state index contributed by atoms with van der Waals surface area (Å²) in [6.45, 7) is 7.75. The molecule has 104 valence electrons. The van der Waals surface area contributed by atoms with Crippen molar-refractivity contribution in [3.05, 3.63) is 17.3 Å². The number of nitrogens with zero attached hydrogens (tertiary/aromatic N) is 3. The second-order valence-electron chi connectivity index (χ2n) is 4.38. The molecular formula is C13H20N4OS. The van der Waals surface area contributed by atoms with Crippen molar-refractivity contribution in [2.75, 3.05) is 38.1 Å². The van der Waals surface area contributed by atoms with E-state index in [2.05, 4.69) is 40.1 Å². The lowest BCUT2D eigenvalue weighted by Crippen LogP contribution is -2.31. The van der Waals surface area contributed by atoms with Crippen LogP contribution in [0, 0.1) is 6.92 Å². The maximum absolute atomic E-state index is 8.95. The first-order valence-electron chi connectivity index (χ1n) is 6.52. The van der Waals surface area contributed by atoms with Crippen molar-refractivity contribution in [1.82, 2.24) is 14.9 Å². The Labute approximate surface area is 117 Å². The molecule has 0 aliphatic carbocycles. The third kappa shape index (κ3) is 3.62. The van der Waals surface area contributed by atoms with Crippen LogP contribution in [0.1, 0.15) is 11.8 Å². The Morgan fingerprint density at radius 2 is 2.21 bits per heavy atom. The number of thiophene rings is 1. The summed E-state index contributed by atoms with van der Waals surface area (Å²) in [5.74, 6) is 0.898. The number of hydrogen-bond donors (Lipinski definition) is 2. The summed E-state index contributed by atoms with van der Waals surface area (Å²) in [6.07, 6.45) is 1.60. The monoisotopic (exact) mass is 280 g/mol. The molecule has 0 saturated heterocycles. The number of aromatic nitrogens is 2. The molecular weight excluding hydrogens is 260 g/mol. The van der Waals surface area contributed by atoms with E-state index >= 15 is 0 Å². The molecule has 0 aliphatic rings. The largest absolute Gasteiger partial charge is 0.395 e. The standard InChI is InChI=1S/C13H20N4OS/c1-3-17(6-7-18)5-4-14-12-11-8-10(2)19-13(11)16-9-15-12/h8-9,18H,3-7H2,1-2H3,(H,14,15,16). The van der Waals surface area contributed by atoms with Crippen LogP contribution in [0.15, 0.2) is 12.4 Å². The number of anilines is 1. The van der Waals surface area contributed by atoms with Gasteiger partial charge in [-0.25, -0.2) is 9.97 Å². The van der Waals surface area contributed by atoms with Gasteiger partial charge in [0.2, 0.25) is 0 Å². The predicted octanol–water partition coefficient (Wildman–Crippen LogP) is 1.73. The van der Waals surface area contributed by atoms with Gasteiger partial charge in [0.05, 0.1) is 12.0 Å². The molecule has 0 saturated carbocycles. The van der Waals surface area contributed by atoms with Crippen molar-refractivity contribution in [3.63, 3.8) is 0 Å². The number of hydrogen-bond acceptors (Lipinski definition) is 6. The summed E-state index contributed by atoms with van der Waals surface area (Å²) in [7, 11) is 0. The van der Waals surface area contributed by atoms with Gasteiger partial charge in [0.15, 0.2) is 0 Å². The summed E-state index contributed by atoms with van der Waals surface area (Å²) >= 11 is 1.68. The summed E-state index contributed by atoms with van der Waals surface area (Å²) in [4.78, 5) is 13.0.